The van der Waals surface area contributed by atoms with Crippen LogP contribution in [0.2, 0.25) is 0 Å². The third-order valence-corrected chi connectivity index (χ3v) is 4.01. The van der Waals surface area contributed by atoms with E-state index in [4.69, 9.17) is 4.74 Å². The first-order valence-electron chi connectivity index (χ1n) is 6.14. The summed E-state index contributed by atoms with van der Waals surface area (Å²) >= 11 is 3.38. The number of hydrogen-bond donors (Lipinski definition) is 2. The molecule has 3 nitrogen and oxygen atoms in total. The van der Waals surface area contributed by atoms with Crippen molar-refractivity contribution in [3.05, 3.63) is 28.7 Å². The number of rotatable bonds is 7. The molecule has 0 saturated carbocycles. The molecule has 0 fully saturated rings. The topological polar surface area (TPSA) is 49.7 Å². The molecule has 0 amide bonds. The Balaban J connectivity index is 2.54. The molecule has 1 rings (SSSR count). The Morgan fingerprint density at radius 2 is 1.94 bits per heavy atom. The Morgan fingerprint density at radius 3 is 2.44 bits per heavy atom. The van der Waals surface area contributed by atoms with Crippen molar-refractivity contribution in [2.45, 2.75) is 20.3 Å². The number of aliphatic hydroxyl groups is 2. The summed E-state index contributed by atoms with van der Waals surface area (Å²) in [6.45, 7) is 4.44. The molecule has 1 aromatic carbocycles. The van der Waals surface area contributed by atoms with Gasteiger partial charge in [-0.05, 0) is 30.5 Å². The SMILES string of the molecule is CC(C)C(CO)(CO)CCOc1cccc(Br)c1. The second-order valence-corrected chi connectivity index (χ2v) is 5.80. The van der Waals surface area contributed by atoms with E-state index in [1.807, 2.05) is 38.1 Å². The summed E-state index contributed by atoms with van der Waals surface area (Å²) in [6.07, 6.45) is 0.629. The minimum absolute atomic E-state index is 0.0248. The van der Waals surface area contributed by atoms with Crippen molar-refractivity contribution in [2.75, 3.05) is 19.8 Å². The maximum absolute atomic E-state index is 9.47. The molecule has 0 bridgehead atoms. The highest BCUT2D eigenvalue weighted by Gasteiger charge is 2.32. The lowest BCUT2D eigenvalue weighted by molar-refractivity contribution is -0.000796. The second kappa shape index (κ2) is 7.12. The van der Waals surface area contributed by atoms with E-state index >= 15 is 0 Å². The summed E-state index contributed by atoms with van der Waals surface area (Å²) in [5.74, 6) is 0.997. The van der Waals surface area contributed by atoms with Gasteiger partial charge in [0.2, 0.25) is 0 Å². The maximum Gasteiger partial charge on any atom is 0.120 e. The van der Waals surface area contributed by atoms with Gasteiger partial charge in [-0.25, -0.2) is 0 Å². The van der Waals surface area contributed by atoms with Crippen LogP contribution in [0.25, 0.3) is 0 Å². The first kappa shape index (κ1) is 15.5. The van der Waals surface area contributed by atoms with E-state index in [0.29, 0.717) is 13.0 Å². The third-order valence-electron chi connectivity index (χ3n) is 3.52. The number of halogens is 1. The lowest BCUT2D eigenvalue weighted by Crippen LogP contribution is -2.37. The van der Waals surface area contributed by atoms with Gasteiger partial charge in [0.05, 0.1) is 19.8 Å². The molecule has 2 N–H and O–H groups in total. The van der Waals surface area contributed by atoms with Crippen LogP contribution in [0.3, 0.4) is 0 Å². The molecule has 0 radical (unpaired) electrons. The predicted octanol–water partition coefficient (Wildman–Crippen LogP) is 2.85. The van der Waals surface area contributed by atoms with Crippen molar-refractivity contribution in [1.82, 2.24) is 0 Å². The largest absolute Gasteiger partial charge is 0.494 e. The summed E-state index contributed by atoms with van der Waals surface area (Å²) < 4.78 is 6.62. The van der Waals surface area contributed by atoms with Crippen molar-refractivity contribution < 1.29 is 14.9 Å². The fourth-order valence-corrected chi connectivity index (χ4v) is 2.17. The molecule has 1 aromatic rings. The maximum atomic E-state index is 9.47. The number of benzene rings is 1. The lowest BCUT2D eigenvalue weighted by atomic mass is 9.76. The van der Waals surface area contributed by atoms with E-state index in [9.17, 15) is 10.2 Å². The zero-order valence-electron chi connectivity index (χ0n) is 10.9. The first-order chi connectivity index (χ1) is 8.54. The molecule has 0 aliphatic rings. The van der Waals surface area contributed by atoms with Crippen LogP contribution in [0.4, 0.5) is 0 Å². The Kier molecular flexibility index (Phi) is 6.12. The fourth-order valence-electron chi connectivity index (χ4n) is 1.79. The van der Waals surface area contributed by atoms with Gasteiger partial charge in [-0.3, -0.25) is 0 Å². The van der Waals surface area contributed by atoms with Crippen molar-refractivity contribution >= 4 is 15.9 Å². The fraction of sp³-hybridized carbons (Fsp3) is 0.571. The molecule has 102 valence electrons. The normalized spacial score (nSPS) is 11.9. The molecular weight excluding hydrogens is 296 g/mol. The molecule has 0 unspecified atom stereocenters. The molecule has 4 heteroatoms. The number of hydrogen-bond acceptors (Lipinski definition) is 3. The van der Waals surface area contributed by atoms with E-state index < -0.39 is 5.41 Å². The Hall–Kier alpha value is -0.580. The third kappa shape index (κ3) is 3.97. The van der Waals surface area contributed by atoms with Gasteiger partial charge in [0.15, 0.2) is 0 Å². The minimum Gasteiger partial charge on any atom is -0.494 e. The van der Waals surface area contributed by atoms with Crippen LogP contribution >= 0.6 is 15.9 Å². The monoisotopic (exact) mass is 316 g/mol. The van der Waals surface area contributed by atoms with Gasteiger partial charge < -0.3 is 14.9 Å². The van der Waals surface area contributed by atoms with Gasteiger partial charge in [0.1, 0.15) is 5.75 Å². The highest BCUT2D eigenvalue weighted by atomic mass is 79.9. The first-order valence-corrected chi connectivity index (χ1v) is 6.93. The molecule has 0 heterocycles. The zero-order chi connectivity index (χ0) is 13.6. The smallest absolute Gasteiger partial charge is 0.120 e. The predicted molar refractivity (Wildman–Crippen MR) is 75.7 cm³/mol. The van der Waals surface area contributed by atoms with Crippen molar-refractivity contribution in [3.8, 4) is 5.75 Å². The highest BCUT2D eigenvalue weighted by Crippen LogP contribution is 2.30. The Labute approximate surface area is 117 Å². The molecule has 0 aliphatic heterocycles. The van der Waals surface area contributed by atoms with Crippen LogP contribution < -0.4 is 4.74 Å². The van der Waals surface area contributed by atoms with E-state index in [2.05, 4.69) is 15.9 Å². The van der Waals surface area contributed by atoms with Crippen LogP contribution in [-0.2, 0) is 0 Å². The number of aliphatic hydroxyl groups excluding tert-OH is 2. The van der Waals surface area contributed by atoms with Crippen molar-refractivity contribution in [2.24, 2.45) is 11.3 Å². The van der Waals surface area contributed by atoms with E-state index in [1.54, 1.807) is 0 Å². The van der Waals surface area contributed by atoms with E-state index in [-0.39, 0.29) is 19.1 Å². The minimum atomic E-state index is -0.466. The van der Waals surface area contributed by atoms with E-state index in [0.717, 1.165) is 10.2 Å². The molecule has 0 atom stereocenters. The molecule has 0 saturated heterocycles. The van der Waals surface area contributed by atoms with Crippen LogP contribution in [-0.4, -0.2) is 30.0 Å². The highest BCUT2D eigenvalue weighted by molar-refractivity contribution is 9.10. The molecule has 0 spiro atoms. The molecule has 0 aromatic heterocycles. The molecular formula is C14H21BrO3. The second-order valence-electron chi connectivity index (χ2n) is 4.89. The zero-order valence-corrected chi connectivity index (χ0v) is 12.5. The van der Waals surface area contributed by atoms with Gasteiger partial charge >= 0.3 is 0 Å². The van der Waals surface area contributed by atoms with Crippen molar-refractivity contribution in [3.63, 3.8) is 0 Å². The van der Waals surface area contributed by atoms with Crippen LogP contribution in [0.5, 0.6) is 5.75 Å². The van der Waals surface area contributed by atoms with Crippen LogP contribution in [0.1, 0.15) is 20.3 Å². The summed E-state index contributed by atoms with van der Waals surface area (Å²) in [5, 5.41) is 18.9. The summed E-state index contributed by atoms with van der Waals surface area (Å²) in [5.41, 5.74) is -0.466. The summed E-state index contributed by atoms with van der Waals surface area (Å²) in [6, 6.07) is 7.63. The van der Waals surface area contributed by atoms with Gasteiger partial charge in [-0.15, -0.1) is 0 Å². The van der Waals surface area contributed by atoms with Gasteiger partial charge in [-0.2, -0.15) is 0 Å². The van der Waals surface area contributed by atoms with Gasteiger partial charge in [-0.1, -0.05) is 35.8 Å². The summed E-state index contributed by atoms with van der Waals surface area (Å²) in [7, 11) is 0. The summed E-state index contributed by atoms with van der Waals surface area (Å²) in [4.78, 5) is 0. The lowest BCUT2D eigenvalue weighted by Gasteiger charge is -2.33. The van der Waals surface area contributed by atoms with Gasteiger partial charge in [0, 0.05) is 9.89 Å². The van der Waals surface area contributed by atoms with E-state index in [1.165, 1.54) is 0 Å². The molecule has 18 heavy (non-hydrogen) atoms. The standard InChI is InChI=1S/C14H21BrO3/c1-11(2)14(9-16,10-17)6-7-18-13-5-3-4-12(15)8-13/h3-5,8,11,16-17H,6-7,9-10H2,1-2H3. The quantitative estimate of drug-likeness (QED) is 0.813. The van der Waals surface area contributed by atoms with Gasteiger partial charge in [0.25, 0.3) is 0 Å². The Morgan fingerprint density at radius 1 is 1.28 bits per heavy atom. The Bertz CT molecular complexity index is 362. The van der Waals surface area contributed by atoms with Crippen molar-refractivity contribution in [1.29, 1.82) is 0 Å². The molecule has 0 aliphatic carbocycles. The van der Waals surface area contributed by atoms with Crippen LogP contribution in [0.15, 0.2) is 28.7 Å². The van der Waals surface area contributed by atoms with Crippen LogP contribution in [0, 0.1) is 11.3 Å². The number of ether oxygens (including phenoxy) is 1. The average molecular weight is 317 g/mol. The average Bonchev–Trinajstić information content (AvgIpc) is 2.35.